The third-order valence-corrected chi connectivity index (χ3v) is 4.07. The van der Waals surface area contributed by atoms with Gasteiger partial charge in [0.2, 0.25) is 5.91 Å². The Labute approximate surface area is 130 Å². The maximum Gasteiger partial charge on any atom is 0.226 e. The SMILES string of the molecule is CCCCN1C(=O)CCCc2cc(C(=O)C(C)N=O)ccc21. The van der Waals surface area contributed by atoms with Crippen LogP contribution in [0.4, 0.5) is 5.69 Å². The van der Waals surface area contributed by atoms with Gasteiger partial charge in [0.1, 0.15) is 0 Å². The first-order chi connectivity index (χ1) is 10.6. The van der Waals surface area contributed by atoms with Gasteiger partial charge in [0.05, 0.1) is 0 Å². The van der Waals surface area contributed by atoms with Crippen molar-refractivity contribution in [1.29, 1.82) is 0 Å². The monoisotopic (exact) mass is 302 g/mol. The molecule has 0 bridgehead atoms. The fraction of sp³-hybridized carbons (Fsp3) is 0.529. The summed E-state index contributed by atoms with van der Waals surface area (Å²) in [6.07, 6.45) is 4.07. The first kappa shape index (κ1) is 16.3. The van der Waals surface area contributed by atoms with Gasteiger partial charge in [-0.3, -0.25) is 9.59 Å². The van der Waals surface area contributed by atoms with E-state index in [2.05, 4.69) is 12.1 Å². The van der Waals surface area contributed by atoms with Crippen molar-refractivity contribution in [3.63, 3.8) is 0 Å². The lowest BCUT2D eigenvalue weighted by Crippen LogP contribution is -2.31. The van der Waals surface area contributed by atoms with Gasteiger partial charge in [-0.15, -0.1) is 0 Å². The summed E-state index contributed by atoms with van der Waals surface area (Å²) in [4.78, 5) is 36.7. The Hall–Kier alpha value is -2.04. The van der Waals surface area contributed by atoms with Crippen molar-refractivity contribution in [1.82, 2.24) is 0 Å². The van der Waals surface area contributed by atoms with Crippen LogP contribution in [-0.4, -0.2) is 24.3 Å². The van der Waals surface area contributed by atoms with Gasteiger partial charge in [0.15, 0.2) is 11.8 Å². The molecule has 22 heavy (non-hydrogen) atoms. The normalized spacial score (nSPS) is 15.9. The second kappa shape index (κ2) is 7.29. The number of hydrogen-bond donors (Lipinski definition) is 0. The number of carbonyl (C=O) groups is 2. The summed E-state index contributed by atoms with van der Waals surface area (Å²) in [6, 6.07) is 4.47. The Morgan fingerprint density at radius 1 is 1.36 bits per heavy atom. The summed E-state index contributed by atoms with van der Waals surface area (Å²) < 4.78 is 0. The van der Waals surface area contributed by atoms with Crippen LogP contribution in [0.5, 0.6) is 0 Å². The lowest BCUT2D eigenvalue weighted by molar-refractivity contribution is -0.118. The third kappa shape index (κ3) is 3.40. The van der Waals surface area contributed by atoms with Crippen LogP contribution in [0, 0.1) is 4.91 Å². The summed E-state index contributed by atoms with van der Waals surface area (Å²) >= 11 is 0. The molecule has 0 fully saturated rings. The number of ketones is 1. The molecule has 0 aliphatic carbocycles. The highest BCUT2D eigenvalue weighted by Gasteiger charge is 2.23. The zero-order valence-electron chi connectivity index (χ0n) is 13.2. The van der Waals surface area contributed by atoms with Crippen LogP contribution in [0.3, 0.4) is 0 Å². The summed E-state index contributed by atoms with van der Waals surface area (Å²) in [7, 11) is 0. The minimum absolute atomic E-state index is 0.147. The number of aryl methyl sites for hydroxylation is 1. The van der Waals surface area contributed by atoms with Crippen molar-refractivity contribution in [2.45, 2.75) is 52.0 Å². The Morgan fingerprint density at radius 2 is 2.14 bits per heavy atom. The van der Waals surface area contributed by atoms with Gasteiger partial charge in [-0.1, -0.05) is 18.5 Å². The number of unbranched alkanes of at least 4 members (excludes halogenated alkanes) is 1. The van der Waals surface area contributed by atoms with Crippen LogP contribution in [0.2, 0.25) is 0 Å². The van der Waals surface area contributed by atoms with Gasteiger partial charge in [0, 0.05) is 24.2 Å². The van der Waals surface area contributed by atoms with E-state index in [-0.39, 0.29) is 11.7 Å². The molecule has 0 spiro atoms. The van der Waals surface area contributed by atoms with Crippen molar-refractivity contribution in [2.24, 2.45) is 5.18 Å². The average Bonchev–Trinajstić information content (AvgIpc) is 2.69. The minimum atomic E-state index is -0.873. The number of benzene rings is 1. The maximum absolute atomic E-state index is 12.3. The second-order valence-corrected chi connectivity index (χ2v) is 5.74. The van der Waals surface area contributed by atoms with Crippen molar-refractivity contribution >= 4 is 17.4 Å². The summed E-state index contributed by atoms with van der Waals surface area (Å²) in [5, 5.41) is 2.80. The Morgan fingerprint density at radius 3 is 2.82 bits per heavy atom. The van der Waals surface area contributed by atoms with E-state index in [0.717, 1.165) is 36.9 Å². The van der Waals surface area contributed by atoms with E-state index in [9.17, 15) is 14.5 Å². The highest BCUT2D eigenvalue weighted by atomic mass is 16.3. The standard InChI is InChI=1S/C17H22N2O3/c1-3-4-10-19-15-9-8-14(17(21)12(2)18-22)11-13(15)6-5-7-16(19)20/h8-9,11-12H,3-7,10H2,1-2H3. The molecule has 1 atom stereocenters. The molecule has 1 aromatic carbocycles. The van der Waals surface area contributed by atoms with Crippen LogP contribution >= 0.6 is 0 Å². The van der Waals surface area contributed by atoms with Crippen molar-refractivity contribution in [3.8, 4) is 0 Å². The summed E-state index contributed by atoms with van der Waals surface area (Å²) in [6.45, 7) is 4.30. The molecule has 0 saturated carbocycles. The number of fused-ring (bicyclic) bond motifs is 1. The zero-order chi connectivity index (χ0) is 16.1. The number of carbonyl (C=O) groups excluding carboxylic acids is 2. The lowest BCUT2D eigenvalue weighted by Gasteiger charge is -2.23. The van der Waals surface area contributed by atoms with E-state index in [4.69, 9.17) is 0 Å². The summed E-state index contributed by atoms with van der Waals surface area (Å²) in [5.41, 5.74) is 2.40. The van der Waals surface area contributed by atoms with Crippen LogP contribution in [-0.2, 0) is 11.2 Å². The molecule has 0 saturated heterocycles. The zero-order valence-corrected chi connectivity index (χ0v) is 13.2. The molecule has 2 rings (SSSR count). The first-order valence-electron chi connectivity index (χ1n) is 7.88. The Bertz CT molecular complexity index is 583. The molecule has 5 nitrogen and oxygen atoms in total. The predicted molar refractivity (Wildman–Crippen MR) is 86.2 cm³/mol. The fourth-order valence-corrected chi connectivity index (χ4v) is 2.75. The quantitative estimate of drug-likeness (QED) is 0.596. The highest BCUT2D eigenvalue weighted by Crippen LogP contribution is 2.29. The minimum Gasteiger partial charge on any atom is -0.312 e. The van der Waals surface area contributed by atoms with Gasteiger partial charge >= 0.3 is 0 Å². The van der Waals surface area contributed by atoms with Gasteiger partial charge in [-0.25, -0.2) is 0 Å². The average molecular weight is 302 g/mol. The number of Topliss-reactive ketones (excluding diaryl/α,β-unsaturated/α-hetero) is 1. The van der Waals surface area contributed by atoms with E-state index >= 15 is 0 Å². The van der Waals surface area contributed by atoms with E-state index < -0.39 is 6.04 Å². The van der Waals surface area contributed by atoms with Gasteiger partial charge < -0.3 is 4.90 Å². The fourth-order valence-electron chi connectivity index (χ4n) is 2.75. The first-order valence-corrected chi connectivity index (χ1v) is 7.88. The number of hydrogen-bond acceptors (Lipinski definition) is 4. The molecule has 5 heteroatoms. The topological polar surface area (TPSA) is 66.8 Å². The number of amides is 1. The molecule has 1 amide bonds. The number of rotatable bonds is 6. The number of anilines is 1. The molecule has 0 aromatic heterocycles. The predicted octanol–water partition coefficient (Wildman–Crippen LogP) is 3.49. The molecule has 1 aliphatic heterocycles. The van der Waals surface area contributed by atoms with Gasteiger partial charge in [-0.2, -0.15) is 4.91 Å². The van der Waals surface area contributed by atoms with Crippen molar-refractivity contribution in [2.75, 3.05) is 11.4 Å². The molecule has 0 radical (unpaired) electrons. The molecule has 1 heterocycles. The van der Waals surface area contributed by atoms with E-state index in [0.29, 0.717) is 18.5 Å². The van der Waals surface area contributed by atoms with Crippen LogP contribution in [0.15, 0.2) is 23.4 Å². The van der Waals surface area contributed by atoms with E-state index in [1.807, 2.05) is 17.0 Å². The van der Waals surface area contributed by atoms with E-state index in [1.165, 1.54) is 6.92 Å². The van der Waals surface area contributed by atoms with Crippen LogP contribution < -0.4 is 4.90 Å². The molecule has 1 aliphatic rings. The van der Waals surface area contributed by atoms with Crippen LogP contribution in [0.1, 0.15) is 55.5 Å². The molecule has 1 aromatic rings. The third-order valence-electron chi connectivity index (χ3n) is 4.07. The number of nitroso groups, excluding NO2 is 1. The molecular formula is C17H22N2O3. The van der Waals surface area contributed by atoms with Crippen molar-refractivity contribution < 1.29 is 9.59 Å². The summed E-state index contributed by atoms with van der Waals surface area (Å²) in [5.74, 6) is -0.123. The lowest BCUT2D eigenvalue weighted by atomic mass is 9.99. The highest BCUT2D eigenvalue weighted by molar-refractivity contribution is 6.01. The Balaban J connectivity index is 2.35. The maximum atomic E-state index is 12.3. The largest absolute Gasteiger partial charge is 0.312 e. The van der Waals surface area contributed by atoms with Gasteiger partial charge in [0.25, 0.3) is 0 Å². The molecule has 0 N–H and O–H groups in total. The van der Waals surface area contributed by atoms with Crippen LogP contribution in [0.25, 0.3) is 0 Å². The molecule has 118 valence electrons. The van der Waals surface area contributed by atoms with Gasteiger partial charge in [-0.05, 0) is 49.9 Å². The number of nitrogens with zero attached hydrogens (tertiary/aromatic N) is 2. The molecular weight excluding hydrogens is 280 g/mol. The Kier molecular flexibility index (Phi) is 5.41. The van der Waals surface area contributed by atoms with Crippen molar-refractivity contribution in [3.05, 3.63) is 34.2 Å². The second-order valence-electron chi connectivity index (χ2n) is 5.74. The molecule has 1 unspecified atom stereocenters. The van der Waals surface area contributed by atoms with E-state index in [1.54, 1.807) is 6.07 Å². The smallest absolute Gasteiger partial charge is 0.226 e.